The zero-order valence-electron chi connectivity index (χ0n) is 10.4. The van der Waals surface area contributed by atoms with E-state index >= 15 is 0 Å². The Bertz CT molecular complexity index is 589. The number of ether oxygens (including phenoxy) is 1. The Hall–Kier alpha value is -1.85. The van der Waals surface area contributed by atoms with Crippen LogP contribution >= 0.6 is 11.3 Å². The van der Waals surface area contributed by atoms with Gasteiger partial charge in [-0.3, -0.25) is 0 Å². The summed E-state index contributed by atoms with van der Waals surface area (Å²) in [5, 5.41) is 18.0. The number of rotatable bonds is 5. The van der Waals surface area contributed by atoms with Gasteiger partial charge in [-0.25, -0.2) is 4.79 Å². The van der Waals surface area contributed by atoms with E-state index in [1.54, 1.807) is 18.2 Å². The summed E-state index contributed by atoms with van der Waals surface area (Å²) in [5.74, 6) is -0.254. The van der Waals surface area contributed by atoms with Gasteiger partial charge < -0.3 is 14.9 Å². The topological polar surface area (TPSA) is 66.8 Å². The molecule has 100 valence electrons. The number of carboxylic acid groups (broad SMARTS) is 1. The standard InChI is InChI=1S/C14H14O4S/c1-9-11(6-13(19-9)14(16)17)8-18-12-4-2-3-10(5-12)7-15/h2-6,15H,7-8H2,1H3,(H,16,17). The fourth-order valence-electron chi connectivity index (χ4n) is 1.66. The van der Waals surface area contributed by atoms with Crippen LogP contribution in [0.5, 0.6) is 5.75 Å². The van der Waals surface area contributed by atoms with Gasteiger partial charge >= 0.3 is 5.97 Å². The lowest BCUT2D eigenvalue weighted by atomic mass is 10.2. The molecule has 0 saturated carbocycles. The van der Waals surface area contributed by atoms with E-state index in [1.807, 2.05) is 19.1 Å². The minimum atomic E-state index is -0.915. The predicted molar refractivity (Wildman–Crippen MR) is 72.7 cm³/mol. The Morgan fingerprint density at radius 3 is 2.79 bits per heavy atom. The van der Waals surface area contributed by atoms with Crippen LogP contribution in [0.15, 0.2) is 30.3 Å². The molecule has 1 aromatic carbocycles. The molecule has 0 aliphatic heterocycles. The summed E-state index contributed by atoms with van der Waals surface area (Å²) in [6.07, 6.45) is 0. The molecule has 4 nitrogen and oxygen atoms in total. The molecular formula is C14H14O4S. The molecule has 1 aromatic heterocycles. The highest BCUT2D eigenvalue weighted by atomic mass is 32.1. The van der Waals surface area contributed by atoms with Gasteiger partial charge in [-0.15, -0.1) is 11.3 Å². The zero-order valence-corrected chi connectivity index (χ0v) is 11.2. The summed E-state index contributed by atoms with van der Waals surface area (Å²) < 4.78 is 5.61. The van der Waals surface area contributed by atoms with Crippen molar-refractivity contribution in [2.75, 3.05) is 0 Å². The predicted octanol–water partition coefficient (Wildman–Crippen LogP) is 2.83. The van der Waals surface area contributed by atoms with Gasteiger partial charge in [0.1, 0.15) is 17.2 Å². The third-order valence-corrected chi connectivity index (χ3v) is 3.79. The Labute approximate surface area is 114 Å². The molecule has 0 fully saturated rings. The Kier molecular flexibility index (Phi) is 4.19. The minimum absolute atomic E-state index is 0.0299. The lowest BCUT2D eigenvalue weighted by Crippen LogP contribution is -1.96. The molecule has 0 spiro atoms. The number of aliphatic hydroxyl groups is 1. The van der Waals surface area contributed by atoms with Crippen molar-refractivity contribution in [2.24, 2.45) is 0 Å². The second kappa shape index (κ2) is 5.86. The van der Waals surface area contributed by atoms with E-state index < -0.39 is 5.97 Å². The number of carbonyl (C=O) groups is 1. The molecule has 2 N–H and O–H groups in total. The van der Waals surface area contributed by atoms with Gasteiger partial charge in [0.2, 0.25) is 0 Å². The summed E-state index contributed by atoms with van der Waals surface area (Å²) in [4.78, 5) is 12.1. The molecule has 2 rings (SSSR count). The van der Waals surface area contributed by atoms with Crippen molar-refractivity contribution in [3.63, 3.8) is 0 Å². The zero-order chi connectivity index (χ0) is 13.8. The molecule has 0 aliphatic rings. The van der Waals surface area contributed by atoms with Crippen LogP contribution in [0.3, 0.4) is 0 Å². The van der Waals surface area contributed by atoms with Crippen molar-refractivity contribution in [1.82, 2.24) is 0 Å². The lowest BCUT2D eigenvalue weighted by Gasteiger charge is -2.06. The van der Waals surface area contributed by atoms with Crippen molar-refractivity contribution in [2.45, 2.75) is 20.1 Å². The number of benzene rings is 1. The SMILES string of the molecule is Cc1sc(C(=O)O)cc1COc1cccc(CO)c1. The maximum Gasteiger partial charge on any atom is 0.345 e. The average Bonchev–Trinajstić information content (AvgIpc) is 2.78. The maximum absolute atomic E-state index is 10.9. The number of aromatic carboxylic acids is 1. The highest BCUT2D eigenvalue weighted by Crippen LogP contribution is 2.23. The molecule has 2 aromatic rings. The van der Waals surface area contributed by atoms with Crippen molar-refractivity contribution in [3.05, 3.63) is 51.2 Å². The van der Waals surface area contributed by atoms with E-state index in [0.29, 0.717) is 17.2 Å². The maximum atomic E-state index is 10.9. The Morgan fingerprint density at radius 2 is 2.16 bits per heavy atom. The summed E-state index contributed by atoms with van der Waals surface area (Å²) in [7, 11) is 0. The van der Waals surface area contributed by atoms with Crippen molar-refractivity contribution in [3.8, 4) is 5.75 Å². The normalized spacial score (nSPS) is 10.4. The first-order valence-electron chi connectivity index (χ1n) is 5.75. The van der Waals surface area contributed by atoms with Crippen LogP contribution < -0.4 is 4.74 Å². The largest absolute Gasteiger partial charge is 0.489 e. The second-order valence-electron chi connectivity index (χ2n) is 4.09. The molecule has 0 bridgehead atoms. The molecule has 0 radical (unpaired) electrons. The highest BCUT2D eigenvalue weighted by Gasteiger charge is 2.11. The Morgan fingerprint density at radius 1 is 1.37 bits per heavy atom. The van der Waals surface area contributed by atoms with Gasteiger partial charge in [-0.05, 0) is 30.7 Å². The quantitative estimate of drug-likeness (QED) is 0.882. The first-order chi connectivity index (χ1) is 9.10. The van der Waals surface area contributed by atoms with Gasteiger partial charge in [0, 0.05) is 10.4 Å². The van der Waals surface area contributed by atoms with Crippen LogP contribution in [0.2, 0.25) is 0 Å². The van der Waals surface area contributed by atoms with Crippen LogP contribution in [0.4, 0.5) is 0 Å². The monoisotopic (exact) mass is 278 g/mol. The minimum Gasteiger partial charge on any atom is -0.489 e. The average molecular weight is 278 g/mol. The number of hydrogen-bond donors (Lipinski definition) is 2. The van der Waals surface area contributed by atoms with Crippen molar-refractivity contribution < 1.29 is 19.7 Å². The van der Waals surface area contributed by atoms with Crippen molar-refractivity contribution in [1.29, 1.82) is 0 Å². The summed E-state index contributed by atoms with van der Waals surface area (Å²) in [6, 6.07) is 8.83. The summed E-state index contributed by atoms with van der Waals surface area (Å²) in [5.41, 5.74) is 1.66. The molecule has 1 heterocycles. The van der Waals surface area contributed by atoms with Crippen molar-refractivity contribution >= 4 is 17.3 Å². The van der Waals surface area contributed by atoms with Gasteiger partial charge in [-0.2, -0.15) is 0 Å². The van der Waals surface area contributed by atoms with E-state index in [1.165, 1.54) is 11.3 Å². The number of thiophene rings is 1. The number of carboxylic acids is 1. The van der Waals surface area contributed by atoms with Crippen LogP contribution in [0, 0.1) is 6.92 Å². The summed E-state index contributed by atoms with van der Waals surface area (Å²) in [6.45, 7) is 2.17. The number of aliphatic hydroxyl groups excluding tert-OH is 1. The smallest absolute Gasteiger partial charge is 0.345 e. The lowest BCUT2D eigenvalue weighted by molar-refractivity contribution is 0.0702. The Balaban J connectivity index is 2.07. The third-order valence-electron chi connectivity index (χ3n) is 2.71. The summed E-state index contributed by atoms with van der Waals surface area (Å²) >= 11 is 1.25. The molecule has 0 amide bonds. The first kappa shape index (κ1) is 13.6. The molecular weight excluding hydrogens is 264 g/mol. The molecule has 5 heteroatoms. The van der Waals surface area contributed by atoms with Gasteiger partial charge in [0.15, 0.2) is 0 Å². The van der Waals surface area contributed by atoms with Gasteiger partial charge in [0.25, 0.3) is 0 Å². The molecule has 0 atom stereocenters. The fourth-order valence-corrected chi connectivity index (χ4v) is 2.53. The van der Waals surface area contributed by atoms with E-state index in [0.717, 1.165) is 16.0 Å². The van der Waals surface area contributed by atoms with E-state index in [4.69, 9.17) is 14.9 Å². The number of hydrogen-bond acceptors (Lipinski definition) is 4. The second-order valence-corrected chi connectivity index (χ2v) is 5.35. The van der Waals surface area contributed by atoms with Crippen LogP contribution in [-0.2, 0) is 13.2 Å². The first-order valence-corrected chi connectivity index (χ1v) is 6.57. The van der Waals surface area contributed by atoms with Crippen LogP contribution in [0.25, 0.3) is 0 Å². The number of aryl methyl sites for hydroxylation is 1. The highest BCUT2D eigenvalue weighted by molar-refractivity contribution is 7.14. The van der Waals surface area contributed by atoms with E-state index in [2.05, 4.69) is 0 Å². The fraction of sp³-hybridized carbons (Fsp3) is 0.214. The van der Waals surface area contributed by atoms with E-state index in [-0.39, 0.29) is 6.61 Å². The van der Waals surface area contributed by atoms with E-state index in [9.17, 15) is 4.79 Å². The third kappa shape index (κ3) is 3.33. The molecule has 19 heavy (non-hydrogen) atoms. The molecule has 0 aliphatic carbocycles. The van der Waals surface area contributed by atoms with Gasteiger partial charge in [-0.1, -0.05) is 12.1 Å². The van der Waals surface area contributed by atoms with Gasteiger partial charge in [0.05, 0.1) is 6.61 Å². The molecule has 0 saturated heterocycles. The molecule has 0 unspecified atom stereocenters. The van der Waals surface area contributed by atoms with Crippen LogP contribution in [0.1, 0.15) is 25.7 Å². The van der Waals surface area contributed by atoms with Crippen LogP contribution in [-0.4, -0.2) is 16.2 Å².